The van der Waals surface area contributed by atoms with E-state index in [-0.39, 0.29) is 0 Å². The molecule has 0 atom stereocenters. The molecular weight excluding hydrogens is 270 g/mol. The number of nitrogens with two attached hydrogens (primary N) is 1. The summed E-state index contributed by atoms with van der Waals surface area (Å²) >= 11 is 3.36. The SMILES string of the molecule is Cc1cnnc(Oc2cccc(N)c2Br)c1. The normalized spacial score (nSPS) is 10.1. The van der Waals surface area contributed by atoms with Gasteiger partial charge in [0.2, 0.25) is 5.88 Å². The number of aryl methyl sites for hydroxylation is 1. The van der Waals surface area contributed by atoms with E-state index in [1.54, 1.807) is 12.3 Å². The van der Waals surface area contributed by atoms with Crippen LogP contribution in [-0.4, -0.2) is 10.2 Å². The lowest BCUT2D eigenvalue weighted by atomic mass is 10.3. The summed E-state index contributed by atoms with van der Waals surface area (Å²) in [6, 6.07) is 7.23. The number of anilines is 1. The molecule has 16 heavy (non-hydrogen) atoms. The fourth-order valence-electron chi connectivity index (χ4n) is 1.21. The van der Waals surface area contributed by atoms with E-state index < -0.39 is 0 Å². The van der Waals surface area contributed by atoms with Gasteiger partial charge in [0.1, 0.15) is 5.75 Å². The zero-order valence-electron chi connectivity index (χ0n) is 8.64. The van der Waals surface area contributed by atoms with Crippen LogP contribution in [0, 0.1) is 6.92 Å². The zero-order chi connectivity index (χ0) is 11.5. The van der Waals surface area contributed by atoms with Crippen LogP contribution in [0.1, 0.15) is 5.56 Å². The van der Waals surface area contributed by atoms with Crippen LogP contribution in [0.15, 0.2) is 34.9 Å². The van der Waals surface area contributed by atoms with Gasteiger partial charge in [-0.05, 0) is 40.5 Å². The monoisotopic (exact) mass is 279 g/mol. The Bertz CT molecular complexity index is 516. The number of nitrogen functional groups attached to an aromatic ring is 1. The summed E-state index contributed by atoms with van der Waals surface area (Å²) in [6.45, 7) is 1.93. The van der Waals surface area contributed by atoms with Crippen LogP contribution >= 0.6 is 15.9 Å². The molecule has 1 aromatic carbocycles. The third kappa shape index (κ3) is 2.30. The van der Waals surface area contributed by atoms with Crippen LogP contribution in [-0.2, 0) is 0 Å². The predicted octanol–water partition coefficient (Wildman–Crippen LogP) is 2.92. The Balaban J connectivity index is 2.31. The van der Waals surface area contributed by atoms with Crippen molar-refractivity contribution < 1.29 is 4.74 Å². The van der Waals surface area contributed by atoms with Crippen molar-refractivity contribution in [2.45, 2.75) is 6.92 Å². The molecule has 0 aliphatic rings. The maximum absolute atomic E-state index is 5.74. The number of hydrogen-bond acceptors (Lipinski definition) is 4. The highest BCUT2D eigenvalue weighted by Crippen LogP contribution is 2.32. The molecule has 2 rings (SSSR count). The minimum atomic E-state index is 0.450. The smallest absolute Gasteiger partial charge is 0.239 e. The average Bonchev–Trinajstić information content (AvgIpc) is 2.25. The van der Waals surface area contributed by atoms with Crippen LogP contribution in [0.5, 0.6) is 11.6 Å². The second kappa shape index (κ2) is 4.49. The third-order valence-electron chi connectivity index (χ3n) is 1.98. The fourth-order valence-corrected chi connectivity index (χ4v) is 1.55. The highest BCUT2D eigenvalue weighted by atomic mass is 79.9. The number of ether oxygens (including phenoxy) is 1. The molecule has 82 valence electrons. The van der Waals surface area contributed by atoms with Crippen LogP contribution in [0.2, 0.25) is 0 Å². The van der Waals surface area contributed by atoms with E-state index in [1.165, 1.54) is 0 Å². The summed E-state index contributed by atoms with van der Waals surface area (Å²) in [4.78, 5) is 0. The Kier molecular flexibility index (Phi) is 3.05. The van der Waals surface area contributed by atoms with Crippen LogP contribution in [0.25, 0.3) is 0 Å². The molecule has 1 aromatic heterocycles. The molecule has 0 aliphatic heterocycles. The van der Waals surface area contributed by atoms with Gasteiger partial charge in [0, 0.05) is 11.8 Å². The van der Waals surface area contributed by atoms with E-state index in [4.69, 9.17) is 10.5 Å². The molecule has 0 spiro atoms. The number of benzene rings is 1. The first-order valence-electron chi connectivity index (χ1n) is 4.68. The van der Waals surface area contributed by atoms with Crippen molar-refractivity contribution in [1.82, 2.24) is 10.2 Å². The van der Waals surface area contributed by atoms with Gasteiger partial charge < -0.3 is 10.5 Å². The number of halogens is 1. The topological polar surface area (TPSA) is 61.0 Å². The predicted molar refractivity (Wildman–Crippen MR) is 65.4 cm³/mol. The number of aromatic nitrogens is 2. The summed E-state index contributed by atoms with van der Waals surface area (Å²) in [6.07, 6.45) is 1.67. The highest BCUT2D eigenvalue weighted by Gasteiger charge is 2.06. The van der Waals surface area contributed by atoms with Gasteiger partial charge in [-0.1, -0.05) is 6.07 Å². The number of rotatable bonds is 2. The van der Waals surface area contributed by atoms with Crippen molar-refractivity contribution in [3.63, 3.8) is 0 Å². The van der Waals surface area contributed by atoms with Gasteiger partial charge in [-0.25, -0.2) is 0 Å². The van der Waals surface area contributed by atoms with Gasteiger partial charge in [-0.3, -0.25) is 0 Å². The summed E-state index contributed by atoms with van der Waals surface area (Å²) in [7, 11) is 0. The second-order valence-electron chi connectivity index (χ2n) is 3.33. The largest absolute Gasteiger partial charge is 0.436 e. The molecule has 0 unspecified atom stereocenters. The fraction of sp³-hybridized carbons (Fsp3) is 0.0909. The molecule has 2 aromatic rings. The molecule has 0 aliphatic carbocycles. The van der Waals surface area contributed by atoms with Gasteiger partial charge in [-0.2, -0.15) is 5.10 Å². The molecule has 0 fully saturated rings. The zero-order valence-corrected chi connectivity index (χ0v) is 10.2. The molecule has 0 bridgehead atoms. The van der Waals surface area contributed by atoms with Crippen LogP contribution in [0.4, 0.5) is 5.69 Å². The first-order valence-corrected chi connectivity index (χ1v) is 5.47. The molecule has 0 saturated heterocycles. The summed E-state index contributed by atoms with van der Waals surface area (Å²) < 4.78 is 6.29. The van der Waals surface area contributed by atoms with Gasteiger partial charge >= 0.3 is 0 Å². The lowest BCUT2D eigenvalue weighted by Gasteiger charge is -2.07. The minimum Gasteiger partial charge on any atom is -0.436 e. The summed E-state index contributed by atoms with van der Waals surface area (Å²) in [5.41, 5.74) is 7.36. The Hall–Kier alpha value is -1.62. The quantitative estimate of drug-likeness (QED) is 0.859. The first-order chi connectivity index (χ1) is 7.66. The van der Waals surface area contributed by atoms with E-state index in [1.807, 2.05) is 25.1 Å². The molecule has 0 radical (unpaired) electrons. The molecule has 0 amide bonds. The minimum absolute atomic E-state index is 0.450. The lowest BCUT2D eigenvalue weighted by Crippen LogP contribution is -1.94. The third-order valence-corrected chi connectivity index (χ3v) is 2.83. The Morgan fingerprint density at radius 1 is 1.38 bits per heavy atom. The van der Waals surface area contributed by atoms with E-state index in [2.05, 4.69) is 26.1 Å². The van der Waals surface area contributed by atoms with Crippen molar-refractivity contribution in [3.8, 4) is 11.6 Å². The molecule has 2 N–H and O–H groups in total. The summed E-state index contributed by atoms with van der Waals surface area (Å²) in [5.74, 6) is 1.08. The van der Waals surface area contributed by atoms with Gasteiger partial charge in [0.15, 0.2) is 0 Å². The second-order valence-corrected chi connectivity index (χ2v) is 4.13. The van der Waals surface area contributed by atoms with Crippen molar-refractivity contribution in [3.05, 3.63) is 40.5 Å². The Morgan fingerprint density at radius 3 is 2.94 bits per heavy atom. The standard InChI is InChI=1S/C11H10BrN3O/c1-7-5-10(15-14-6-7)16-9-4-2-3-8(13)11(9)12/h2-6H,13H2,1H3. The maximum atomic E-state index is 5.74. The van der Waals surface area contributed by atoms with Gasteiger partial charge in [0.05, 0.1) is 10.7 Å². The van der Waals surface area contributed by atoms with E-state index >= 15 is 0 Å². The highest BCUT2D eigenvalue weighted by molar-refractivity contribution is 9.10. The van der Waals surface area contributed by atoms with Crippen molar-refractivity contribution in [2.75, 3.05) is 5.73 Å². The van der Waals surface area contributed by atoms with Crippen molar-refractivity contribution in [2.24, 2.45) is 0 Å². The molecule has 0 saturated carbocycles. The van der Waals surface area contributed by atoms with E-state index in [9.17, 15) is 0 Å². The molecule has 1 heterocycles. The van der Waals surface area contributed by atoms with Gasteiger partial charge in [-0.15, -0.1) is 5.10 Å². The van der Waals surface area contributed by atoms with E-state index in [0.717, 1.165) is 10.0 Å². The lowest BCUT2D eigenvalue weighted by molar-refractivity contribution is 0.452. The van der Waals surface area contributed by atoms with Crippen LogP contribution < -0.4 is 10.5 Å². The van der Waals surface area contributed by atoms with Gasteiger partial charge in [0.25, 0.3) is 0 Å². The van der Waals surface area contributed by atoms with Crippen molar-refractivity contribution >= 4 is 21.6 Å². The number of hydrogen-bond donors (Lipinski definition) is 1. The molecule has 5 heteroatoms. The number of nitrogens with zero attached hydrogens (tertiary/aromatic N) is 2. The molecular formula is C11H10BrN3O. The van der Waals surface area contributed by atoms with Crippen molar-refractivity contribution in [1.29, 1.82) is 0 Å². The summed E-state index contributed by atoms with van der Waals surface area (Å²) in [5, 5.41) is 7.68. The average molecular weight is 280 g/mol. The first kappa shape index (κ1) is 10.9. The van der Waals surface area contributed by atoms with Crippen LogP contribution in [0.3, 0.4) is 0 Å². The maximum Gasteiger partial charge on any atom is 0.239 e. The molecule has 4 nitrogen and oxygen atoms in total. The Labute approximate surface area is 102 Å². The van der Waals surface area contributed by atoms with E-state index in [0.29, 0.717) is 17.3 Å². The Morgan fingerprint density at radius 2 is 2.19 bits per heavy atom.